The van der Waals surface area contributed by atoms with Crippen molar-refractivity contribution in [1.29, 1.82) is 0 Å². The molecule has 0 aliphatic heterocycles. The Morgan fingerprint density at radius 3 is 2.43 bits per heavy atom. The van der Waals surface area contributed by atoms with Gasteiger partial charge in [-0.05, 0) is 31.6 Å². The molecule has 0 fully saturated rings. The second-order valence-electron chi connectivity index (χ2n) is 6.68. The maximum atomic E-state index is 4.34. The number of pyridine rings is 1. The molecule has 0 unspecified atom stereocenters. The van der Waals surface area contributed by atoms with Crippen molar-refractivity contribution in [3.63, 3.8) is 0 Å². The van der Waals surface area contributed by atoms with Gasteiger partial charge in [0, 0.05) is 38.4 Å². The lowest BCUT2D eigenvalue weighted by Gasteiger charge is -2.30. The second kappa shape index (κ2) is 9.00. The maximum absolute atomic E-state index is 4.34. The Balaban J connectivity index is 2.88. The number of anilines is 1. The van der Waals surface area contributed by atoms with E-state index in [0.717, 1.165) is 26.2 Å². The lowest BCUT2D eigenvalue weighted by Crippen LogP contribution is -2.35. The Morgan fingerprint density at radius 2 is 1.86 bits per heavy atom. The van der Waals surface area contributed by atoms with E-state index in [2.05, 4.69) is 68.0 Å². The molecule has 21 heavy (non-hydrogen) atoms. The van der Waals surface area contributed by atoms with E-state index in [4.69, 9.17) is 0 Å². The second-order valence-corrected chi connectivity index (χ2v) is 6.68. The third kappa shape index (κ3) is 6.91. The number of nitrogens with zero attached hydrogens (tertiary/aromatic N) is 3. The van der Waals surface area contributed by atoms with Crippen LogP contribution in [0.25, 0.3) is 0 Å². The SMILES string of the molecule is CC(C)CN(CCN(C)C)c1cnccc1CNC(C)C. The average Bonchev–Trinajstić information content (AvgIpc) is 2.41. The van der Waals surface area contributed by atoms with Crippen molar-refractivity contribution in [2.75, 3.05) is 38.6 Å². The summed E-state index contributed by atoms with van der Waals surface area (Å²) in [6, 6.07) is 2.62. The van der Waals surface area contributed by atoms with Crippen LogP contribution in [-0.2, 0) is 6.54 Å². The van der Waals surface area contributed by atoms with Crippen LogP contribution in [0, 0.1) is 5.92 Å². The van der Waals surface area contributed by atoms with Crippen LogP contribution in [0.15, 0.2) is 18.5 Å². The van der Waals surface area contributed by atoms with Crippen molar-refractivity contribution in [2.45, 2.75) is 40.3 Å². The molecule has 4 nitrogen and oxygen atoms in total. The minimum Gasteiger partial charge on any atom is -0.368 e. The lowest BCUT2D eigenvalue weighted by atomic mass is 10.1. The van der Waals surface area contributed by atoms with Gasteiger partial charge in [0.05, 0.1) is 11.9 Å². The zero-order valence-corrected chi connectivity index (χ0v) is 14.6. The highest BCUT2D eigenvalue weighted by atomic mass is 15.2. The summed E-state index contributed by atoms with van der Waals surface area (Å²) in [6.07, 6.45) is 3.90. The van der Waals surface area contributed by atoms with Gasteiger partial charge >= 0.3 is 0 Å². The molecular formula is C17H32N4. The van der Waals surface area contributed by atoms with E-state index in [0.29, 0.717) is 12.0 Å². The van der Waals surface area contributed by atoms with Crippen LogP contribution >= 0.6 is 0 Å². The van der Waals surface area contributed by atoms with Gasteiger partial charge in [0.25, 0.3) is 0 Å². The Bertz CT molecular complexity index is 402. The molecule has 0 amide bonds. The van der Waals surface area contributed by atoms with Crippen molar-refractivity contribution < 1.29 is 0 Å². The lowest BCUT2D eigenvalue weighted by molar-refractivity contribution is 0.408. The largest absolute Gasteiger partial charge is 0.368 e. The van der Waals surface area contributed by atoms with Gasteiger partial charge in [-0.25, -0.2) is 0 Å². The molecule has 0 aromatic carbocycles. The Morgan fingerprint density at radius 1 is 1.14 bits per heavy atom. The molecule has 4 heteroatoms. The number of likely N-dealkylation sites (N-methyl/N-ethyl adjacent to an activating group) is 1. The summed E-state index contributed by atoms with van der Waals surface area (Å²) in [5.41, 5.74) is 2.60. The smallest absolute Gasteiger partial charge is 0.0598 e. The van der Waals surface area contributed by atoms with Gasteiger partial charge in [0.15, 0.2) is 0 Å². The molecular weight excluding hydrogens is 260 g/mol. The zero-order valence-electron chi connectivity index (χ0n) is 14.6. The number of hydrogen-bond acceptors (Lipinski definition) is 4. The molecule has 0 aliphatic rings. The highest BCUT2D eigenvalue weighted by Crippen LogP contribution is 2.20. The van der Waals surface area contributed by atoms with Crippen LogP contribution in [0.3, 0.4) is 0 Å². The standard InChI is InChI=1S/C17H32N4/c1-14(2)13-21(10-9-20(5)6)17-12-18-8-7-16(17)11-19-15(3)4/h7-8,12,14-15,19H,9-11,13H2,1-6H3. The fraction of sp³-hybridized carbons (Fsp3) is 0.706. The van der Waals surface area contributed by atoms with Crippen LogP contribution in [0.5, 0.6) is 0 Å². The summed E-state index contributed by atoms with van der Waals surface area (Å²) < 4.78 is 0. The molecule has 0 radical (unpaired) electrons. The van der Waals surface area contributed by atoms with E-state index in [1.165, 1.54) is 11.3 Å². The van der Waals surface area contributed by atoms with Crippen LogP contribution in [0.2, 0.25) is 0 Å². The van der Waals surface area contributed by atoms with Crippen molar-refractivity contribution in [2.24, 2.45) is 5.92 Å². The Kier molecular flexibility index (Phi) is 7.68. The highest BCUT2D eigenvalue weighted by Gasteiger charge is 2.13. The molecule has 0 spiro atoms. The first-order valence-electron chi connectivity index (χ1n) is 7.96. The van der Waals surface area contributed by atoms with Gasteiger partial charge in [-0.2, -0.15) is 0 Å². The van der Waals surface area contributed by atoms with E-state index < -0.39 is 0 Å². The number of rotatable bonds is 9. The van der Waals surface area contributed by atoms with E-state index in [1.807, 2.05) is 12.4 Å². The van der Waals surface area contributed by atoms with Gasteiger partial charge in [-0.3, -0.25) is 4.98 Å². The molecule has 1 rings (SSSR count). The monoisotopic (exact) mass is 292 g/mol. The summed E-state index contributed by atoms with van der Waals surface area (Å²) in [6.45, 7) is 12.9. The van der Waals surface area contributed by atoms with Crippen molar-refractivity contribution >= 4 is 5.69 Å². The molecule has 0 aliphatic carbocycles. The van der Waals surface area contributed by atoms with Crippen LogP contribution in [0.1, 0.15) is 33.3 Å². The van der Waals surface area contributed by atoms with E-state index in [9.17, 15) is 0 Å². The third-order valence-corrected chi connectivity index (χ3v) is 3.33. The van der Waals surface area contributed by atoms with Gasteiger partial charge < -0.3 is 15.1 Å². The minimum absolute atomic E-state index is 0.492. The van der Waals surface area contributed by atoms with Gasteiger partial charge in [0.2, 0.25) is 0 Å². The molecule has 1 heterocycles. The first kappa shape index (κ1) is 17.9. The van der Waals surface area contributed by atoms with Crippen LogP contribution < -0.4 is 10.2 Å². The summed E-state index contributed by atoms with van der Waals surface area (Å²) in [4.78, 5) is 9.04. The van der Waals surface area contributed by atoms with Crippen LogP contribution in [0.4, 0.5) is 5.69 Å². The Hall–Kier alpha value is -1.13. The fourth-order valence-corrected chi connectivity index (χ4v) is 2.23. The zero-order chi connectivity index (χ0) is 15.8. The average molecular weight is 292 g/mol. The molecule has 0 saturated heterocycles. The summed E-state index contributed by atoms with van der Waals surface area (Å²) in [5.74, 6) is 0.637. The van der Waals surface area contributed by atoms with Crippen LogP contribution in [-0.4, -0.2) is 49.7 Å². The molecule has 0 atom stereocenters. The molecule has 0 saturated carbocycles. The predicted octanol–water partition coefficient (Wildman–Crippen LogP) is 2.60. The Labute approximate surface area is 130 Å². The normalized spacial score (nSPS) is 11.7. The van der Waals surface area contributed by atoms with Crippen molar-refractivity contribution in [3.05, 3.63) is 24.0 Å². The summed E-state index contributed by atoms with van der Waals surface area (Å²) >= 11 is 0. The molecule has 1 aromatic rings. The highest BCUT2D eigenvalue weighted by molar-refractivity contribution is 5.51. The molecule has 120 valence electrons. The first-order valence-corrected chi connectivity index (χ1v) is 7.96. The number of aromatic nitrogens is 1. The summed E-state index contributed by atoms with van der Waals surface area (Å²) in [7, 11) is 4.25. The van der Waals surface area contributed by atoms with Gasteiger partial charge in [-0.15, -0.1) is 0 Å². The van der Waals surface area contributed by atoms with E-state index in [-0.39, 0.29) is 0 Å². The van der Waals surface area contributed by atoms with Crippen molar-refractivity contribution in [3.8, 4) is 0 Å². The number of hydrogen-bond donors (Lipinski definition) is 1. The van der Waals surface area contributed by atoms with Crippen molar-refractivity contribution in [1.82, 2.24) is 15.2 Å². The quantitative estimate of drug-likeness (QED) is 0.758. The van der Waals surface area contributed by atoms with Gasteiger partial charge in [0.1, 0.15) is 0 Å². The first-order chi connectivity index (χ1) is 9.90. The molecule has 1 N–H and O–H groups in total. The summed E-state index contributed by atoms with van der Waals surface area (Å²) in [5, 5.41) is 3.51. The topological polar surface area (TPSA) is 31.4 Å². The third-order valence-electron chi connectivity index (χ3n) is 3.33. The molecule has 1 aromatic heterocycles. The fourth-order valence-electron chi connectivity index (χ4n) is 2.23. The van der Waals surface area contributed by atoms with E-state index >= 15 is 0 Å². The number of nitrogens with one attached hydrogen (secondary N) is 1. The van der Waals surface area contributed by atoms with Gasteiger partial charge in [-0.1, -0.05) is 27.7 Å². The predicted molar refractivity (Wildman–Crippen MR) is 91.8 cm³/mol. The van der Waals surface area contributed by atoms with E-state index in [1.54, 1.807) is 0 Å². The molecule has 0 bridgehead atoms. The maximum Gasteiger partial charge on any atom is 0.0598 e. The minimum atomic E-state index is 0.492.